The second-order valence-corrected chi connectivity index (χ2v) is 6.34. The number of pyridine rings is 1. The highest BCUT2D eigenvalue weighted by Gasteiger charge is 2.11. The molecule has 0 bridgehead atoms. The van der Waals surface area contributed by atoms with Crippen LogP contribution in [0.2, 0.25) is 5.02 Å². The number of fused-ring (bicyclic) bond motifs is 1. The molecule has 0 spiro atoms. The number of aromatic nitrogens is 3. The van der Waals surface area contributed by atoms with Gasteiger partial charge in [-0.2, -0.15) is 0 Å². The lowest BCUT2D eigenvalue weighted by Gasteiger charge is -2.06. The van der Waals surface area contributed by atoms with Crippen LogP contribution in [0.3, 0.4) is 0 Å². The maximum absolute atomic E-state index is 6.32. The quantitative estimate of drug-likeness (QED) is 0.531. The summed E-state index contributed by atoms with van der Waals surface area (Å²) < 4.78 is 2.00. The Bertz CT molecular complexity index is 1000. The van der Waals surface area contributed by atoms with Gasteiger partial charge in [-0.05, 0) is 42.7 Å². The summed E-state index contributed by atoms with van der Waals surface area (Å²) in [6.45, 7) is 2.10. The number of halogens is 1. The molecule has 4 aromatic rings. The summed E-state index contributed by atoms with van der Waals surface area (Å²) in [4.78, 5) is 0. The monoisotopic (exact) mass is 333 g/mol. The smallest absolute Gasteiger partial charge is 0.169 e. The second-order valence-electron chi connectivity index (χ2n) is 5.93. The normalized spacial score (nSPS) is 11.1. The van der Waals surface area contributed by atoms with Gasteiger partial charge >= 0.3 is 0 Å². The molecule has 2 aromatic heterocycles. The van der Waals surface area contributed by atoms with Crippen molar-refractivity contribution >= 4 is 17.2 Å². The number of hydrogen-bond acceptors (Lipinski definition) is 2. The van der Waals surface area contributed by atoms with Gasteiger partial charge in [0, 0.05) is 11.8 Å². The Hall–Kier alpha value is -2.65. The van der Waals surface area contributed by atoms with Crippen molar-refractivity contribution in [3.05, 3.63) is 88.6 Å². The van der Waals surface area contributed by atoms with Crippen molar-refractivity contribution in [2.24, 2.45) is 0 Å². The predicted molar refractivity (Wildman–Crippen MR) is 97.4 cm³/mol. The van der Waals surface area contributed by atoms with E-state index in [1.807, 2.05) is 34.7 Å². The summed E-state index contributed by atoms with van der Waals surface area (Å²) in [7, 11) is 0. The van der Waals surface area contributed by atoms with Crippen molar-refractivity contribution in [1.82, 2.24) is 14.6 Å². The van der Waals surface area contributed by atoms with Crippen LogP contribution >= 0.6 is 11.6 Å². The van der Waals surface area contributed by atoms with Crippen molar-refractivity contribution in [2.75, 3.05) is 0 Å². The SMILES string of the molecule is Cc1ccc(Cc2ccc3nnc(-c4ccccc4Cl)n3c2)cc1. The molecule has 0 saturated heterocycles. The Labute approximate surface area is 145 Å². The Balaban J connectivity index is 1.76. The molecule has 2 heterocycles. The van der Waals surface area contributed by atoms with Gasteiger partial charge in [-0.15, -0.1) is 10.2 Å². The lowest BCUT2D eigenvalue weighted by molar-refractivity contribution is 1.09. The molecule has 0 radical (unpaired) electrons. The highest BCUT2D eigenvalue weighted by Crippen LogP contribution is 2.26. The minimum Gasteiger partial charge on any atom is -0.282 e. The summed E-state index contributed by atoms with van der Waals surface area (Å²) in [5.41, 5.74) is 5.47. The summed E-state index contributed by atoms with van der Waals surface area (Å²) in [5.74, 6) is 0.765. The highest BCUT2D eigenvalue weighted by molar-refractivity contribution is 6.33. The lowest BCUT2D eigenvalue weighted by Crippen LogP contribution is -1.95. The predicted octanol–water partition coefficient (Wildman–Crippen LogP) is 4.95. The summed E-state index contributed by atoms with van der Waals surface area (Å²) >= 11 is 6.32. The van der Waals surface area contributed by atoms with E-state index in [9.17, 15) is 0 Å². The van der Waals surface area contributed by atoms with Crippen LogP contribution in [0.4, 0.5) is 0 Å². The number of nitrogens with zero attached hydrogens (tertiary/aromatic N) is 3. The number of aryl methyl sites for hydroxylation is 1. The zero-order valence-electron chi connectivity index (χ0n) is 13.3. The van der Waals surface area contributed by atoms with E-state index in [1.54, 1.807) is 0 Å². The highest BCUT2D eigenvalue weighted by atomic mass is 35.5. The molecule has 0 unspecified atom stereocenters. The van der Waals surface area contributed by atoms with Gasteiger partial charge in [0.05, 0.1) is 5.02 Å². The molecule has 4 rings (SSSR count). The molecular weight excluding hydrogens is 318 g/mol. The molecule has 3 nitrogen and oxygen atoms in total. The number of hydrogen-bond donors (Lipinski definition) is 0. The Morgan fingerprint density at radius 2 is 1.62 bits per heavy atom. The van der Waals surface area contributed by atoms with Crippen LogP contribution in [-0.4, -0.2) is 14.6 Å². The third-order valence-corrected chi connectivity index (χ3v) is 4.44. The van der Waals surface area contributed by atoms with E-state index < -0.39 is 0 Å². The zero-order chi connectivity index (χ0) is 16.5. The van der Waals surface area contributed by atoms with Gasteiger partial charge in [0.25, 0.3) is 0 Å². The van der Waals surface area contributed by atoms with Gasteiger partial charge in [-0.1, -0.05) is 59.6 Å². The van der Waals surface area contributed by atoms with Crippen LogP contribution in [-0.2, 0) is 6.42 Å². The molecular formula is C20H16ClN3. The summed E-state index contributed by atoms with van der Waals surface area (Å²) in [6, 6.07) is 20.4. The maximum Gasteiger partial charge on any atom is 0.169 e. The van der Waals surface area contributed by atoms with Gasteiger partial charge < -0.3 is 0 Å². The van der Waals surface area contributed by atoms with Crippen LogP contribution in [0.1, 0.15) is 16.7 Å². The first kappa shape index (κ1) is 14.9. The average Bonchev–Trinajstić information content (AvgIpc) is 3.00. The molecule has 0 aliphatic heterocycles. The Morgan fingerprint density at radius 1 is 0.875 bits per heavy atom. The van der Waals surface area contributed by atoms with Crippen molar-refractivity contribution in [3.63, 3.8) is 0 Å². The van der Waals surface area contributed by atoms with Crippen molar-refractivity contribution in [1.29, 1.82) is 0 Å². The summed E-state index contributed by atoms with van der Waals surface area (Å²) in [5, 5.41) is 9.24. The van der Waals surface area contributed by atoms with Gasteiger partial charge in [-0.3, -0.25) is 4.40 Å². The fourth-order valence-electron chi connectivity index (χ4n) is 2.81. The first-order valence-electron chi connectivity index (χ1n) is 7.85. The molecule has 4 heteroatoms. The van der Waals surface area contributed by atoms with E-state index >= 15 is 0 Å². The molecule has 0 aliphatic carbocycles. The van der Waals surface area contributed by atoms with Crippen LogP contribution in [0.15, 0.2) is 66.9 Å². The molecule has 0 fully saturated rings. The topological polar surface area (TPSA) is 30.2 Å². The lowest BCUT2D eigenvalue weighted by atomic mass is 10.1. The number of rotatable bonds is 3. The fourth-order valence-corrected chi connectivity index (χ4v) is 3.03. The molecule has 0 saturated carbocycles. The maximum atomic E-state index is 6.32. The van der Waals surface area contributed by atoms with E-state index in [-0.39, 0.29) is 0 Å². The van der Waals surface area contributed by atoms with E-state index in [2.05, 4.69) is 53.6 Å². The zero-order valence-corrected chi connectivity index (χ0v) is 14.0. The summed E-state index contributed by atoms with van der Waals surface area (Å²) in [6.07, 6.45) is 2.96. The van der Waals surface area contributed by atoms with Crippen LogP contribution in [0.25, 0.3) is 17.0 Å². The molecule has 0 N–H and O–H groups in total. The minimum atomic E-state index is 0.677. The van der Waals surface area contributed by atoms with E-state index in [0.29, 0.717) is 5.02 Å². The van der Waals surface area contributed by atoms with Gasteiger partial charge in [-0.25, -0.2) is 0 Å². The third kappa shape index (κ3) is 2.79. The van der Waals surface area contributed by atoms with Gasteiger partial charge in [0.15, 0.2) is 11.5 Å². The molecule has 118 valence electrons. The first-order valence-corrected chi connectivity index (χ1v) is 8.22. The van der Waals surface area contributed by atoms with Crippen LogP contribution in [0.5, 0.6) is 0 Å². The van der Waals surface area contributed by atoms with Gasteiger partial charge in [0.1, 0.15) is 0 Å². The second kappa shape index (κ2) is 6.10. The standard InChI is InChI=1S/C20H16ClN3/c1-14-6-8-15(9-7-14)12-16-10-11-19-22-23-20(24(19)13-16)17-4-2-3-5-18(17)21/h2-11,13H,12H2,1H3. The third-order valence-electron chi connectivity index (χ3n) is 4.11. The first-order chi connectivity index (χ1) is 11.7. The number of benzene rings is 2. The fraction of sp³-hybridized carbons (Fsp3) is 0.100. The van der Waals surface area contributed by atoms with E-state index in [1.165, 1.54) is 16.7 Å². The molecule has 0 atom stereocenters. The van der Waals surface area contributed by atoms with Crippen LogP contribution < -0.4 is 0 Å². The van der Waals surface area contributed by atoms with Crippen molar-refractivity contribution in [3.8, 4) is 11.4 Å². The molecule has 24 heavy (non-hydrogen) atoms. The van der Waals surface area contributed by atoms with Gasteiger partial charge in [0.2, 0.25) is 0 Å². The van der Waals surface area contributed by atoms with E-state index in [0.717, 1.165) is 23.5 Å². The molecule has 0 amide bonds. The minimum absolute atomic E-state index is 0.677. The van der Waals surface area contributed by atoms with E-state index in [4.69, 9.17) is 11.6 Å². The Morgan fingerprint density at radius 3 is 2.42 bits per heavy atom. The molecule has 2 aromatic carbocycles. The largest absolute Gasteiger partial charge is 0.282 e. The van der Waals surface area contributed by atoms with Crippen molar-refractivity contribution < 1.29 is 0 Å². The van der Waals surface area contributed by atoms with Crippen molar-refractivity contribution in [2.45, 2.75) is 13.3 Å². The molecule has 0 aliphatic rings. The van der Waals surface area contributed by atoms with Crippen LogP contribution in [0, 0.1) is 6.92 Å². The Kier molecular flexibility index (Phi) is 3.79. The average molecular weight is 334 g/mol.